The predicted octanol–water partition coefficient (Wildman–Crippen LogP) is 3.82. The highest BCUT2D eigenvalue weighted by Crippen LogP contribution is 2.34. The molecule has 0 spiro atoms. The highest BCUT2D eigenvalue weighted by atomic mass is 35.5. The summed E-state index contributed by atoms with van der Waals surface area (Å²) in [7, 11) is -3.40. The van der Waals surface area contributed by atoms with E-state index in [9.17, 15) is 13.2 Å². The normalized spacial score (nSPS) is 19.7. The van der Waals surface area contributed by atoms with E-state index >= 15 is 0 Å². The maximum atomic E-state index is 13.0. The number of fused-ring (bicyclic) bond motifs is 1. The molecule has 1 aliphatic rings. The number of aromatic amines is 1. The van der Waals surface area contributed by atoms with Gasteiger partial charge in [-0.1, -0.05) is 48.0 Å². The first-order valence-corrected chi connectivity index (χ1v) is 10.9. The monoisotopic (exact) mass is 402 g/mol. The summed E-state index contributed by atoms with van der Waals surface area (Å²) < 4.78 is 25.6. The molecule has 2 aromatic carbocycles. The fourth-order valence-corrected chi connectivity index (χ4v) is 5.80. The molecule has 0 bridgehead atoms. The molecule has 7 heteroatoms. The molecule has 1 unspecified atom stereocenters. The van der Waals surface area contributed by atoms with Crippen molar-refractivity contribution >= 4 is 38.2 Å². The zero-order chi connectivity index (χ0) is 19.0. The minimum absolute atomic E-state index is 0.0724. The Hall–Kier alpha value is -2.31. The molecule has 0 saturated carbocycles. The summed E-state index contributed by atoms with van der Waals surface area (Å²) in [6, 6.07) is 14.6. The van der Waals surface area contributed by atoms with Crippen LogP contribution in [0.2, 0.25) is 5.02 Å². The van der Waals surface area contributed by atoms with Gasteiger partial charge in [0.2, 0.25) is 0 Å². The average molecular weight is 403 g/mol. The van der Waals surface area contributed by atoms with Gasteiger partial charge in [-0.2, -0.15) is 0 Å². The van der Waals surface area contributed by atoms with E-state index in [1.807, 2.05) is 24.3 Å². The number of hydrogen-bond acceptors (Lipinski definition) is 3. The molecule has 1 aromatic heterocycles. The molecule has 1 amide bonds. The first kappa shape index (κ1) is 18.1. The van der Waals surface area contributed by atoms with E-state index in [0.717, 1.165) is 10.9 Å². The van der Waals surface area contributed by atoms with Gasteiger partial charge in [-0.3, -0.25) is 4.79 Å². The number of halogens is 1. The predicted molar refractivity (Wildman–Crippen MR) is 107 cm³/mol. The number of H-pyrrole nitrogens is 1. The SMILES string of the molecule is O=C(c1c[nH]c2ccccc12)N1CCC(c2ccccc2Cl)S(=O)(=O)CC1. The lowest BCUT2D eigenvalue weighted by molar-refractivity contribution is 0.0768. The van der Waals surface area contributed by atoms with Crippen LogP contribution in [0.5, 0.6) is 0 Å². The van der Waals surface area contributed by atoms with Crippen molar-refractivity contribution in [2.24, 2.45) is 0 Å². The lowest BCUT2D eigenvalue weighted by Crippen LogP contribution is -2.33. The fourth-order valence-electron chi connectivity index (χ4n) is 3.65. The smallest absolute Gasteiger partial charge is 0.256 e. The highest BCUT2D eigenvalue weighted by molar-refractivity contribution is 7.91. The van der Waals surface area contributed by atoms with Crippen LogP contribution in [-0.4, -0.2) is 43.1 Å². The number of rotatable bonds is 2. The maximum Gasteiger partial charge on any atom is 0.256 e. The Balaban J connectivity index is 1.62. The van der Waals surface area contributed by atoms with Crippen molar-refractivity contribution in [2.45, 2.75) is 11.7 Å². The molecule has 3 aromatic rings. The van der Waals surface area contributed by atoms with Crippen LogP contribution in [-0.2, 0) is 9.84 Å². The van der Waals surface area contributed by atoms with Crippen LogP contribution in [0.1, 0.15) is 27.6 Å². The van der Waals surface area contributed by atoms with Crippen molar-refractivity contribution in [3.05, 3.63) is 70.9 Å². The van der Waals surface area contributed by atoms with Crippen molar-refractivity contribution in [3.63, 3.8) is 0 Å². The van der Waals surface area contributed by atoms with Gasteiger partial charge in [0, 0.05) is 35.2 Å². The third-order valence-electron chi connectivity index (χ3n) is 5.10. The Bertz CT molecular complexity index is 1110. The zero-order valence-corrected chi connectivity index (χ0v) is 16.1. The molecule has 140 valence electrons. The van der Waals surface area contributed by atoms with Gasteiger partial charge in [0.1, 0.15) is 0 Å². The molecular weight excluding hydrogens is 384 g/mol. The summed E-state index contributed by atoms with van der Waals surface area (Å²) in [4.78, 5) is 17.8. The minimum atomic E-state index is -3.40. The number of benzene rings is 2. The van der Waals surface area contributed by atoms with Crippen molar-refractivity contribution in [3.8, 4) is 0 Å². The number of para-hydroxylation sites is 1. The Morgan fingerprint density at radius 3 is 2.63 bits per heavy atom. The van der Waals surface area contributed by atoms with Crippen LogP contribution in [0.3, 0.4) is 0 Å². The second kappa shape index (κ2) is 7.02. The van der Waals surface area contributed by atoms with Crippen LogP contribution in [0.15, 0.2) is 54.7 Å². The Kier molecular flexibility index (Phi) is 4.70. The first-order chi connectivity index (χ1) is 13.0. The summed E-state index contributed by atoms with van der Waals surface area (Å²) >= 11 is 6.23. The van der Waals surface area contributed by atoms with Gasteiger partial charge in [0.15, 0.2) is 9.84 Å². The average Bonchev–Trinajstić information content (AvgIpc) is 3.02. The number of carbonyl (C=O) groups excluding carboxylic acids is 1. The van der Waals surface area contributed by atoms with Gasteiger partial charge in [-0.15, -0.1) is 0 Å². The summed E-state index contributed by atoms with van der Waals surface area (Å²) in [5.41, 5.74) is 2.07. The molecule has 4 rings (SSSR count). The van der Waals surface area contributed by atoms with Gasteiger partial charge < -0.3 is 9.88 Å². The molecule has 1 N–H and O–H groups in total. The van der Waals surface area contributed by atoms with E-state index in [0.29, 0.717) is 29.1 Å². The topological polar surface area (TPSA) is 70.2 Å². The lowest BCUT2D eigenvalue weighted by Gasteiger charge is -2.20. The number of sulfone groups is 1. The number of hydrogen-bond donors (Lipinski definition) is 1. The second-order valence-electron chi connectivity index (χ2n) is 6.71. The first-order valence-electron chi connectivity index (χ1n) is 8.79. The third kappa shape index (κ3) is 3.35. The molecule has 27 heavy (non-hydrogen) atoms. The summed E-state index contributed by atoms with van der Waals surface area (Å²) in [6.45, 7) is 0.551. The van der Waals surface area contributed by atoms with Gasteiger partial charge in [-0.25, -0.2) is 8.42 Å². The van der Waals surface area contributed by atoms with Crippen molar-refractivity contribution in [1.29, 1.82) is 0 Å². The van der Waals surface area contributed by atoms with E-state index in [1.54, 1.807) is 35.4 Å². The van der Waals surface area contributed by atoms with E-state index in [1.165, 1.54) is 0 Å². The molecule has 5 nitrogen and oxygen atoms in total. The van der Waals surface area contributed by atoms with E-state index < -0.39 is 15.1 Å². The van der Waals surface area contributed by atoms with Crippen molar-refractivity contribution in [1.82, 2.24) is 9.88 Å². The van der Waals surface area contributed by atoms with E-state index in [4.69, 9.17) is 11.6 Å². The van der Waals surface area contributed by atoms with Crippen LogP contribution in [0.4, 0.5) is 0 Å². The van der Waals surface area contributed by atoms with Crippen LogP contribution in [0, 0.1) is 0 Å². The molecule has 1 fully saturated rings. The van der Waals surface area contributed by atoms with Crippen molar-refractivity contribution < 1.29 is 13.2 Å². The number of nitrogens with one attached hydrogen (secondary N) is 1. The Morgan fingerprint density at radius 1 is 1.07 bits per heavy atom. The quantitative estimate of drug-likeness (QED) is 0.708. The van der Waals surface area contributed by atoms with Gasteiger partial charge in [0.05, 0.1) is 16.6 Å². The zero-order valence-electron chi connectivity index (χ0n) is 14.6. The van der Waals surface area contributed by atoms with Crippen molar-refractivity contribution in [2.75, 3.05) is 18.8 Å². The summed E-state index contributed by atoms with van der Waals surface area (Å²) in [5, 5.41) is 0.603. The standard InChI is InChI=1S/C20H19ClN2O3S/c21-17-7-3-1-6-15(17)19-9-10-23(11-12-27(19,25)26)20(24)16-13-22-18-8-4-2-5-14(16)18/h1-8,13,19,22H,9-12H2. The van der Waals surface area contributed by atoms with Gasteiger partial charge in [0.25, 0.3) is 5.91 Å². The van der Waals surface area contributed by atoms with Crippen LogP contribution < -0.4 is 0 Å². The number of aromatic nitrogens is 1. The molecule has 0 radical (unpaired) electrons. The second-order valence-corrected chi connectivity index (χ2v) is 9.42. The summed E-state index contributed by atoms with van der Waals surface area (Å²) in [5.74, 6) is -0.223. The molecule has 1 aliphatic heterocycles. The molecule has 1 atom stereocenters. The summed E-state index contributed by atoms with van der Waals surface area (Å²) in [6.07, 6.45) is 2.03. The van der Waals surface area contributed by atoms with E-state index in [2.05, 4.69) is 4.98 Å². The molecule has 1 saturated heterocycles. The molecule has 0 aliphatic carbocycles. The number of amides is 1. The number of carbonyl (C=O) groups is 1. The van der Waals surface area contributed by atoms with Gasteiger partial charge >= 0.3 is 0 Å². The Labute approximate surface area is 162 Å². The lowest BCUT2D eigenvalue weighted by atomic mass is 10.1. The number of nitrogens with zero attached hydrogens (tertiary/aromatic N) is 1. The van der Waals surface area contributed by atoms with Crippen LogP contribution in [0.25, 0.3) is 10.9 Å². The molecular formula is C20H19ClN2O3S. The van der Waals surface area contributed by atoms with Gasteiger partial charge in [-0.05, 0) is 24.1 Å². The van der Waals surface area contributed by atoms with E-state index in [-0.39, 0.29) is 18.2 Å². The largest absolute Gasteiger partial charge is 0.360 e. The third-order valence-corrected chi connectivity index (χ3v) is 7.55. The highest BCUT2D eigenvalue weighted by Gasteiger charge is 2.34. The fraction of sp³-hybridized carbons (Fsp3) is 0.250. The Morgan fingerprint density at radius 2 is 1.81 bits per heavy atom. The van der Waals surface area contributed by atoms with Crippen LogP contribution >= 0.6 is 11.6 Å². The molecule has 2 heterocycles. The maximum absolute atomic E-state index is 13.0. The minimum Gasteiger partial charge on any atom is -0.360 e.